The summed E-state index contributed by atoms with van der Waals surface area (Å²) in [4.78, 5) is 18.6. The van der Waals surface area contributed by atoms with Crippen molar-refractivity contribution >= 4 is 27.3 Å². The van der Waals surface area contributed by atoms with Gasteiger partial charge in [0.1, 0.15) is 17.4 Å². The third-order valence-corrected chi connectivity index (χ3v) is 6.37. The Labute approximate surface area is 157 Å². The Morgan fingerprint density at radius 2 is 1.85 bits per heavy atom. The van der Waals surface area contributed by atoms with Crippen LogP contribution in [0.2, 0.25) is 0 Å². The van der Waals surface area contributed by atoms with Gasteiger partial charge >= 0.3 is 0 Å². The number of carbonyl (C=O) groups excluding carboxylic acids is 1. The quantitative estimate of drug-likeness (QED) is 0.771. The monoisotopic (exact) mass is 395 g/mol. The number of nitrogens with zero attached hydrogens (tertiary/aromatic N) is 3. The van der Waals surface area contributed by atoms with Gasteiger partial charge in [0.05, 0.1) is 6.26 Å². The molecule has 26 heavy (non-hydrogen) atoms. The van der Waals surface area contributed by atoms with Gasteiger partial charge in [-0.1, -0.05) is 0 Å². The topological polar surface area (TPSA) is 79.8 Å². The summed E-state index contributed by atoms with van der Waals surface area (Å²) in [5.74, 6) is 0.580. The molecule has 3 rings (SSSR count). The van der Waals surface area contributed by atoms with E-state index in [9.17, 15) is 13.2 Å². The summed E-state index contributed by atoms with van der Waals surface area (Å²) in [6.07, 6.45) is 1.19. The maximum Gasteiger partial charge on any atom is 0.253 e. The van der Waals surface area contributed by atoms with Crippen LogP contribution < -0.4 is 4.74 Å². The molecule has 0 spiro atoms. The predicted octanol–water partition coefficient (Wildman–Crippen LogP) is 1.75. The van der Waals surface area contributed by atoms with E-state index < -0.39 is 10.0 Å². The largest absolute Gasteiger partial charge is 0.486 e. The van der Waals surface area contributed by atoms with Crippen LogP contribution in [0.4, 0.5) is 0 Å². The molecule has 1 amide bonds. The Morgan fingerprint density at radius 1 is 1.19 bits per heavy atom. The van der Waals surface area contributed by atoms with Crippen molar-refractivity contribution in [2.75, 3.05) is 32.4 Å². The molecule has 1 aliphatic rings. The molecule has 9 heteroatoms. The van der Waals surface area contributed by atoms with Gasteiger partial charge in [-0.3, -0.25) is 4.79 Å². The van der Waals surface area contributed by atoms with Crippen LogP contribution in [-0.4, -0.2) is 60.9 Å². The molecule has 0 radical (unpaired) electrons. The molecule has 1 saturated heterocycles. The molecule has 0 aliphatic carbocycles. The van der Waals surface area contributed by atoms with Crippen LogP contribution in [0.1, 0.15) is 21.1 Å². The van der Waals surface area contributed by atoms with Crippen LogP contribution in [-0.2, 0) is 16.6 Å². The second kappa shape index (κ2) is 7.73. The summed E-state index contributed by atoms with van der Waals surface area (Å²) < 4.78 is 30.2. The minimum Gasteiger partial charge on any atom is -0.486 e. The fourth-order valence-electron chi connectivity index (χ4n) is 2.71. The number of hydrogen-bond acceptors (Lipinski definition) is 6. The van der Waals surface area contributed by atoms with E-state index in [1.54, 1.807) is 40.5 Å². The Morgan fingerprint density at radius 3 is 2.38 bits per heavy atom. The van der Waals surface area contributed by atoms with Crippen molar-refractivity contribution in [2.45, 2.75) is 13.5 Å². The van der Waals surface area contributed by atoms with Crippen molar-refractivity contribution in [1.82, 2.24) is 14.2 Å². The summed E-state index contributed by atoms with van der Waals surface area (Å²) in [7, 11) is -3.20. The number of hydrogen-bond donors (Lipinski definition) is 0. The number of thiazole rings is 1. The first-order valence-electron chi connectivity index (χ1n) is 8.21. The Hall–Kier alpha value is -1.97. The third-order valence-electron chi connectivity index (χ3n) is 4.13. The zero-order valence-corrected chi connectivity index (χ0v) is 16.3. The van der Waals surface area contributed by atoms with Gasteiger partial charge in [-0.25, -0.2) is 13.4 Å². The summed E-state index contributed by atoms with van der Waals surface area (Å²) in [5, 5.41) is 2.88. The first kappa shape index (κ1) is 18.8. The van der Waals surface area contributed by atoms with Gasteiger partial charge in [0, 0.05) is 42.8 Å². The summed E-state index contributed by atoms with van der Waals surface area (Å²) in [6.45, 7) is 3.80. The minimum atomic E-state index is -3.20. The van der Waals surface area contributed by atoms with Crippen LogP contribution in [0.3, 0.4) is 0 Å². The van der Waals surface area contributed by atoms with Gasteiger partial charge in [-0.2, -0.15) is 4.31 Å². The molecule has 0 unspecified atom stereocenters. The molecule has 0 saturated carbocycles. The molecule has 0 N–H and O–H groups in total. The van der Waals surface area contributed by atoms with Crippen molar-refractivity contribution in [3.05, 3.63) is 45.9 Å². The van der Waals surface area contributed by atoms with Crippen molar-refractivity contribution in [3.8, 4) is 5.75 Å². The number of aryl methyl sites for hydroxylation is 1. The number of rotatable bonds is 5. The minimum absolute atomic E-state index is 0.0970. The number of aromatic nitrogens is 1. The lowest BCUT2D eigenvalue weighted by molar-refractivity contribution is 0.0698. The zero-order valence-electron chi connectivity index (χ0n) is 14.7. The van der Waals surface area contributed by atoms with E-state index in [-0.39, 0.29) is 5.91 Å². The van der Waals surface area contributed by atoms with Gasteiger partial charge in [0.25, 0.3) is 5.91 Å². The number of amides is 1. The molecule has 1 aromatic carbocycles. The fraction of sp³-hybridized carbons (Fsp3) is 0.412. The second-order valence-corrected chi connectivity index (χ2v) is 9.08. The standard InChI is InChI=1S/C17H21N3O4S2/c1-13-12-25-16(18-13)11-24-15-5-3-14(4-6-15)17(21)19-7-9-20(10-8-19)26(2,22)23/h3-6,12H,7-11H2,1-2H3. The van der Waals surface area contributed by atoms with Crippen molar-refractivity contribution in [1.29, 1.82) is 0 Å². The highest BCUT2D eigenvalue weighted by molar-refractivity contribution is 7.88. The average Bonchev–Trinajstić information content (AvgIpc) is 3.04. The third kappa shape index (κ3) is 4.60. The second-order valence-electron chi connectivity index (χ2n) is 6.15. The molecular formula is C17H21N3O4S2. The number of benzene rings is 1. The van der Waals surface area contributed by atoms with Crippen molar-refractivity contribution in [2.24, 2.45) is 0 Å². The lowest BCUT2D eigenvalue weighted by Gasteiger charge is -2.33. The molecule has 0 atom stereocenters. The molecule has 2 heterocycles. The van der Waals surface area contributed by atoms with E-state index in [1.165, 1.54) is 10.6 Å². The highest BCUT2D eigenvalue weighted by Gasteiger charge is 2.26. The molecule has 7 nitrogen and oxygen atoms in total. The first-order valence-corrected chi connectivity index (χ1v) is 10.9. The maximum absolute atomic E-state index is 12.6. The SMILES string of the molecule is Cc1csc(COc2ccc(C(=O)N3CCN(S(C)(=O)=O)CC3)cc2)n1. The first-order chi connectivity index (χ1) is 12.3. The number of ether oxygens (including phenoxy) is 1. The summed E-state index contributed by atoms with van der Waals surface area (Å²) >= 11 is 1.55. The Balaban J connectivity index is 1.55. The summed E-state index contributed by atoms with van der Waals surface area (Å²) in [5.41, 5.74) is 1.54. The van der Waals surface area contributed by atoms with Crippen molar-refractivity contribution < 1.29 is 17.9 Å². The lowest BCUT2D eigenvalue weighted by Crippen LogP contribution is -2.50. The number of sulfonamides is 1. The number of piperazine rings is 1. The van der Waals surface area contributed by atoms with Gasteiger partial charge in [-0.05, 0) is 31.2 Å². The van der Waals surface area contributed by atoms with E-state index >= 15 is 0 Å². The van der Waals surface area contributed by atoms with E-state index in [4.69, 9.17) is 4.74 Å². The molecule has 1 aromatic heterocycles. The highest BCUT2D eigenvalue weighted by Crippen LogP contribution is 2.18. The lowest BCUT2D eigenvalue weighted by atomic mass is 10.2. The summed E-state index contributed by atoms with van der Waals surface area (Å²) in [6, 6.07) is 6.99. The van der Waals surface area contributed by atoms with E-state index in [2.05, 4.69) is 4.98 Å². The normalized spacial score (nSPS) is 15.8. The van der Waals surface area contributed by atoms with E-state index in [0.29, 0.717) is 44.1 Å². The predicted molar refractivity (Wildman–Crippen MR) is 99.9 cm³/mol. The Kier molecular flexibility index (Phi) is 5.59. The maximum atomic E-state index is 12.6. The smallest absolute Gasteiger partial charge is 0.253 e. The number of carbonyl (C=O) groups is 1. The highest BCUT2D eigenvalue weighted by atomic mass is 32.2. The molecule has 2 aromatic rings. The Bertz CT molecular complexity index is 870. The molecule has 1 fully saturated rings. The van der Waals surface area contributed by atoms with Crippen LogP contribution >= 0.6 is 11.3 Å². The van der Waals surface area contributed by atoms with E-state index in [1.807, 2.05) is 12.3 Å². The van der Waals surface area contributed by atoms with Gasteiger partial charge in [0.2, 0.25) is 10.0 Å². The van der Waals surface area contributed by atoms with Crippen LogP contribution in [0.15, 0.2) is 29.6 Å². The average molecular weight is 396 g/mol. The van der Waals surface area contributed by atoms with Gasteiger partial charge in [-0.15, -0.1) is 11.3 Å². The molecule has 140 valence electrons. The molecule has 0 bridgehead atoms. The van der Waals surface area contributed by atoms with Crippen LogP contribution in [0, 0.1) is 6.92 Å². The molecular weight excluding hydrogens is 374 g/mol. The zero-order chi connectivity index (χ0) is 18.7. The molecule has 1 aliphatic heterocycles. The van der Waals surface area contributed by atoms with Gasteiger partial charge in [0.15, 0.2) is 0 Å². The van der Waals surface area contributed by atoms with Crippen LogP contribution in [0.5, 0.6) is 5.75 Å². The van der Waals surface area contributed by atoms with E-state index in [0.717, 1.165) is 10.7 Å². The van der Waals surface area contributed by atoms with Gasteiger partial charge < -0.3 is 9.64 Å². The fourth-order valence-corrected chi connectivity index (χ4v) is 4.22. The van der Waals surface area contributed by atoms with Crippen LogP contribution in [0.25, 0.3) is 0 Å². The van der Waals surface area contributed by atoms with Crippen molar-refractivity contribution in [3.63, 3.8) is 0 Å².